The zero-order chi connectivity index (χ0) is 18.3. The third kappa shape index (κ3) is 2.75. The first-order valence-corrected chi connectivity index (χ1v) is 8.30. The number of hydrogen-bond donors (Lipinski definition) is 1. The summed E-state index contributed by atoms with van der Waals surface area (Å²) in [6.07, 6.45) is 4.99. The van der Waals surface area contributed by atoms with Gasteiger partial charge >= 0.3 is 0 Å². The van der Waals surface area contributed by atoms with Crippen LogP contribution in [0.15, 0.2) is 53.4 Å². The number of benzene rings is 1. The molecule has 0 spiro atoms. The van der Waals surface area contributed by atoms with Gasteiger partial charge in [0.15, 0.2) is 0 Å². The smallest absolute Gasteiger partial charge is 0.259 e. The first kappa shape index (κ1) is 16.1. The standard InChI is InChI=1S/C20H18N4O2/c1-12-4-5-15(11-17(12)20-21-7-9-26-20)23-19(25)16-6-8-24-14(3)10-13(2)22-18(16)24/h4-11H,1-3H3,(H,23,25). The molecule has 3 aromatic heterocycles. The molecule has 0 saturated carbocycles. The lowest BCUT2D eigenvalue weighted by Crippen LogP contribution is -2.12. The Morgan fingerprint density at radius 3 is 2.77 bits per heavy atom. The molecule has 3 heterocycles. The van der Waals surface area contributed by atoms with Crippen molar-refractivity contribution in [3.05, 3.63) is 71.5 Å². The van der Waals surface area contributed by atoms with Crippen molar-refractivity contribution in [3.63, 3.8) is 0 Å². The number of rotatable bonds is 3. The largest absolute Gasteiger partial charge is 0.445 e. The van der Waals surface area contributed by atoms with Crippen LogP contribution >= 0.6 is 0 Å². The van der Waals surface area contributed by atoms with Crippen LogP contribution in [0, 0.1) is 20.8 Å². The molecule has 0 unspecified atom stereocenters. The number of hydrogen-bond acceptors (Lipinski definition) is 4. The van der Waals surface area contributed by atoms with Gasteiger partial charge in [-0.15, -0.1) is 0 Å². The van der Waals surface area contributed by atoms with Crippen molar-refractivity contribution in [3.8, 4) is 11.5 Å². The molecule has 0 aliphatic carbocycles. The summed E-state index contributed by atoms with van der Waals surface area (Å²) in [5, 5.41) is 2.94. The minimum Gasteiger partial charge on any atom is -0.445 e. The summed E-state index contributed by atoms with van der Waals surface area (Å²) in [6, 6.07) is 9.42. The van der Waals surface area contributed by atoms with Crippen LogP contribution in [0.2, 0.25) is 0 Å². The van der Waals surface area contributed by atoms with Crippen molar-refractivity contribution >= 4 is 17.2 Å². The fourth-order valence-electron chi connectivity index (χ4n) is 3.06. The summed E-state index contributed by atoms with van der Waals surface area (Å²) >= 11 is 0. The van der Waals surface area contributed by atoms with Gasteiger partial charge in [-0.05, 0) is 50.6 Å². The average molecular weight is 346 g/mol. The summed E-state index contributed by atoms with van der Waals surface area (Å²) in [4.78, 5) is 21.5. The Balaban J connectivity index is 1.68. The monoisotopic (exact) mass is 346 g/mol. The minimum absolute atomic E-state index is 0.202. The molecule has 0 bridgehead atoms. The Morgan fingerprint density at radius 2 is 2.00 bits per heavy atom. The topological polar surface area (TPSA) is 72.4 Å². The van der Waals surface area contributed by atoms with E-state index in [2.05, 4.69) is 15.3 Å². The quantitative estimate of drug-likeness (QED) is 0.604. The van der Waals surface area contributed by atoms with Gasteiger partial charge in [0.2, 0.25) is 5.89 Å². The number of aromatic nitrogens is 3. The van der Waals surface area contributed by atoms with E-state index in [1.807, 2.05) is 55.6 Å². The summed E-state index contributed by atoms with van der Waals surface area (Å²) in [6.45, 7) is 5.89. The van der Waals surface area contributed by atoms with Crippen molar-refractivity contribution in [2.45, 2.75) is 20.8 Å². The molecule has 6 heteroatoms. The molecule has 130 valence electrons. The third-order valence-electron chi connectivity index (χ3n) is 4.34. The van der Waals surface area contributed by atoms with E-state index < -0.39 is 0 Å². The van der Waals surface area contributed by atoms with Crippen LogP contribution < -0.4 is 5.32 Å². The van der Waals surface area contributed by atoms with Crippen LogP contribution in [0.25, 0.3) is 17.1 Å². The van der Waals surface area contributed by atoms with Crippen LogP contribution in [0.5, 0.6) is 0 Å². The van der Waals surface area contributed by atoms with Gasteiger partial charge in [0.1, 0.15) is 11.9 Å². The van der Waals surface area contributed by atoms with Crippen molar-refractivity contribution in [1.82, 2.24) is 14.4 Å². The molecule has 0 aliphatic heterocycles. The number of carbonyl (C=O) groups excluding carboxylic acids is 1. The van der Waals surface area contributed by atoms with Gasteiger partial charge < -0.3 is 14.1 Å². The highest BCUT2D eigenvalue weighted by atomic mass is 16.3. The molecule has 0 radical (unpaired) electrons. The molecule has 26 heavy (non-hydrogen) atoms. The first-order valence-electron chi connectivity index (χ1n) is 8.30. The number of amides is 1. The maximum atomic E-state index is 12.8. The normalized spacial score (nSPS) is 11.0. The number of oxazole rings is 1. The van der Waals surface area contributed by atoms with Crippen molar-refractivity contribution in [2.24, 2.45) is 0 Å². The number of nitrogens with zero attached hydrogens (tertiary/aromatic N) is 3. The number of fused-ring (bicyclic) bond motifs is 1. The van der Waals surface area contributed by atoms with E-state index in [1.54, 1.807) is 12.3 Å². The van der Waals surface area contributed by atoms with Crippen LogP contribution in [0.1, 0.15) is 27.3 Å². The number of anilines is 1. The van der Waals surface area contributed by atoms with E-state index in [0.717, 1.165) is 22.5 Å². The Hall–Kier alpha value is -3.41. The van der Waals surface area contributed by atoms with Crippen molar-refractivity contribution in [1.29, 1.82) is 0 Å². The molecule has 1 N–H and O–H groups in total. The van der Waals surface area contributed by atoms with E-state index in [-0.39, 0.29) is 5.91 Å². The second-order valence-electron chi connectivity index (χ2n) is 6.28. The molecule has 1 aromatic carbocycles. The molecule has 0 atom stereocenters. The second-order valence-corrected chi connectivity index (χ2v) is 6.28. The third-order valence-corrected chi connectivity index (χ3v) is 4.34. The summed E-state index contributed by atoms with van der Waals surface area (Å²) in [5.74, 6) is 0.327. The van der Waals surface area contributed by atoms with E-state index in [1.165, 1.54) is 6.26 Å². The van der Waals surface area contributed by atoms with Crippen LogP contribution in [0.4, 0.5) is 5.69 Å². The molecule has 4 rings (SSSR count). The molecule has 1 amide bonds. The minimum atomic E-state index is -0.202. The van der Waals surface area contributed by atoms with E-state index >= 15 is 0 Å². The number of nitrogens with one attached hydrogen (secondary N) is 1. The van der Waals surface area contributed by atoms with Crippen molar-refractivity contribution in [2.75, 3.05) is 5.32 Å². The second kappa shape index (κ2) is 6.15. The average Bonchev–Trinajstić information content (AvgIpc) is 3.26. The lowest BCUT2D eigenvalue weighted by atomic mass is 10.1. The number of aryl methyl sites for hydroxylation is 3. The van der Waals surface area contributed by atoms with Gasteiger partial charge in [0.05, 0.1) is 11.8 Å². The molecular formula is C20H18N4O2. The molecule has 0 aliphatic rings. The summed E-state index contributed by atoms with van der Waals surface area (Å²) in [7, 11) is 0. The van der Waals surface area contributed by atoms with Gasteiger partial charge in [-0.3, -0.25) is 4.79 Å². The zero-order valence-corrected chi connectivity index (χ0v) is 14.8. The summed E-state index contributed by atoms with van der Waals surface area (Å²) < 4.78 is 7.29. The molecular weight excluding hydrogens is 328 g/mol. The Bertz CT molecular complexity index is 1110. The van der Waals surface area contributed by atoms with E-state index in [4.69, 9.17) is 4.42 Å². The predicted octanol–water partition coefficient (Wildman–Crippen LogP) is 4.17. The van der Waals surface area contributed by atoms with E-state index in [0.29, 0.717) is 22.8 Å². The summed E-state index contributed by atoms with van der Waals surface area (Å²) in [5.41, 5.74) is 5.65. The number of carbonyl (C=O) groups is 1. The van der Waals surface area contributed by atoms with Gasteiger partial charge in [-0.2, -0.15) is 0 Å². The molecule has 0 fully saturated rings. The maximum Gasteiger partial charge on any atom is 0.259 e. The highest BCUT2D eigenvalue weighted by molar-refractivity contribution is 6.08. The fraction of sp³-hybridized carbons (Fsp3) is 0.150. The SMILES string of the molecule is Cc1cc(C)n2ccc(C(=O)Nc3ccc(C)c(-c4ncco4)c3)c2n1. The van der Waals surface area contributed by atoms with Crippen molar-refractivity contribution < 1.29 is 9.21 Å². The maximum absolute atomic E-state index is 12.8. The Labute approximate surface area is 150 Å². The van der Waals surface area contributed by atoms with Crippen LogP contribution in [0.3, 0.4) is 0 Å². The van der Waals surface area contributed by atoms with Crippen LogP contribution in [-0.4, -0.2) is 20.3 Å². The molecule has 0 saturated heterocycles. The van der Waals surface area contributed by atoms with Crippen LogP contribution in [-0.2, 0) is 0 Å². The first-order chi connectivity index (χ1) is 12.5. The molecule has 4 aromatic rings. The van der Waals surface area contributed by atoms with Gasteiger partial charge in [0.25, 0.3) is 5.91 Å². The Kier molecular flexibility index (Phi) is 3.80. The predicted molar refractivity (Wildman–Crippen MR) is 99.3 cm³/mol. The highest BCUT2D eigenvalue weighted by Crippen LogP contribution is 2.26. The Morgan fingerprint density at radius 1 is 1.15 bits per heavy atom. The highest BCUT2D eigenvalue weighted by Gasteiger charge is 2.15. The van der Waals surface area contributed by atoms with Gasteiger partial charge in [0, 0.05) is 28.8 Å². The molecule has 6 nitrogen and oxygen atoms in total. The zero-order valence-electron chi connectivity index (χ0n) is 14.8. The van der Waals surface area contributed by atoms with Gasteiger partial charge in [-0.1, -0.05) is 6.07 Å². The lowest BCUT2D eigenvalue weighted by molar-refractivity contribution is 0.102. The van der Waals surface area contributed by atoms with E-state index in [9.17, 15) is 4.79 Å². The fourth-order valence-corrected chi connectivity index (χ4v) is 3.06. The van der Waals surface area contributed by atoms with Gasteiger partial charge in [-0.25, -0.2) is 9.97 Å². The lowest BCUT2D eigenvalue weighted by Gasteiger charge is -2.08.